The third-order valence-electron chi connectivity index (χ3n) is 4.24. The van der Waals surface area contributed by atoms with Gasteiger partial charge in [-0.2, -0.15) is 0 Å². The van der Waals surface area contributed by atoms with E-state index in [9.17, 15) is 9.90 Å². The normalized spacial score (nSPS) is 19.3. The van der Waals surface area contributed by atoms with Gasteiger partial charge in [-0.25, -0.2) is 4.98 Å². The second-order valence-corrected chi connectivity index (χ2v) is 5.84. The Morgan fingerprint density at radius 2 is 2.30 bits per heavy atom. The van der Waals surface area contributed by atoms with Gasteiger partial charge < -0.3 is 19.7 Å². The number of aryl methyl sites for hydroxylation is 1. The summed E-state index contributed by atoms with van der Waals surface area (Å²) in [5.41, 5.74) is 2.44. The van der Waals surface area contributed by atoms with Crippen molar-refractivity contribution < 1.29 is 14.6 Å². The van der Waals surface area contributed by atoms with Crippen molar-refractivity contribution in [1.29, 1.82) is 0 Å². The molecule has 3 rings (SSSR count). The molecule has 0 saturated carbocycles. The fourth-order valence-electron chi connectivity index (χ4n) is 2.97. The standard InChI is InChI=1S/C17H21N3O3/c1-11-9-20(10-19-11)14-6-5-12(8-15(14)23-2)16(21)13-4-3-7-18-17(13)22/h5-6,8-10,13,16,21H,3-4,7H2,1-2H3,(H,18,22). The van der Waals surface area contributed by atoms with Gasteiger partial charge in [0.1, 0.15) is 5.75 Å². The maximum atomic E-state index is 11.9. The Morgan fingerprint density at radius 3 is 2.96 bits per heavy atom. The first-order valence-corrected chi connectivity index (χ1v) is 7.75. The van der Waals surface area contributed by atoms with Crippen LogP contribution in [0.2, 0.25) is 0 Å². The minimum Gasteiger partial charge on any atom is -0.495 e. The Labute approximate surface area is 135 Å². The number of rotatable bonds is 4. The van der Waals surface area contributed by atoms with Gasteiger partial charge >= 0.3 is 0 Å². The molecule has 1 aromatic carbocycles. The van der Waals surface area contributed by atoms with Crippen LogP contribution in [-0.2, 0) is 4.79 Å². The molecule has 1 saturated heterocycles. The van der Waals surface area contributed by atoms with Gasteiger partial charge in [0.25, 0.3) is 0 Å². The molecule has 122 valence electrons. The van der Waals surface area contributed by atoms with Gasteiger partial charge in [0.15, 0.2) is 0 Å². The predicted molar refractivity (Wildman–Crippen MR) is 85.5 cm³/mol. The van der Waals surface area contributed by atoms with Crippen molar-refractivity contribution in [3.8, 4) is 11.4 Å². The first-order chi connectivity index (χ1) is 11.1. The fraction of sp³-hybridized carbons (Fsp3) is 0.412. The quantitative estimate of drug-likeness (QED) is 0.901. The lowest BCUT2D eigenvalue weighted by Crippen LogP contribution is -2.39. The molecular formula is C17H21N3O3. The maximum absolute atomic E-state index is 11.9. The van der Waals surface area contributed by atoms with E-state index in [1.54, 1.807) is 19.5 Å². The van der Waals surface area contributed by atoms with E-state index in [1.165, 1.54) is 0 Å². The third kappa shape index (κ3) is 3.07. The second kappa shape index (κ2) is 6.42. The summed E-state index contributed by atoms with van der Waals surface area (Å²) in [5.74, 6) is 0.141. The highest BCUT2D eigenvalue weighted by Crippen LogP contribution is 2.32. The number of piperidine rings is 1. The SMILES string of the molecule is COc1cc(C(O)C2CCCNC2=O)ccc1-n1cnc(C)c1. The number of imidazole rings is 1. The molecule has 1 aliphatic rings. The van der Waals surface area contributed by atoms with Crippen molar-refractivity contribution in [2.75, 3.05) is 13.7 Å². The number of nitrogens with one attached hydrogen (secondary N) is 1. The number of benzene rings is 1. The Balaban J connectivity index is 1.90. The van der Waals surface area contributed by atoms with Crippen molar-refractivity contribution >= 4 is 5.91 Å². The molecular weight excluding hydrogens is 294 g/mol. The number of amides is 1. The van der Waals surface area contributed by atoms with Crippen molar-refractivity contribution in [1.82, 2.24) is 14.9 Å². The van der Waals surface area contributed by atoms with Crippen molar-refractivity contribution in [3.63, 3.8) is 0 Å². The van der Waals surface area contributed by atoms with E-state index in [-0.39, 0.29) is 5.91 Å². The van der Waals surface area contributed by atoms with E-state index in [0.717, 1.165) is 17.8 Å². The molecule has 2 unspecified atom stereocenters. The number of aliphatic hydroxyl groups excluding tert-OH is 1. The van der Waals surface area contributed by atoms with Crippen LogP contribution in [0.3, 0.4) is 0 Å². The number of carbonyl (C=O) groups is 1. The predicted octanol–water partition coefficient (Wildman–Crippen LogP) is 1.75. The summed E-state index contributed by atoms with van der Waals surface area (Å²) in [5, 5.41) is 13.4. The highest BCUT2D eigenvalue weighted by molar-refractivity contribution is 5.80. The van der Waals surface area contributed by atoms with E-state index >= 15 is 0 Å². The fourth-order valence-corrected chi connectivity index (χ4v) is 2.97. The van der Waals surface area contributed by atoms with Gasteiger partial charge in [-0.05, 0) is 37.5 Å². The van der Waals surface area contributed by atoms with Crippen molar-refractivity contribution in [3.05, 3.63) is 42.0 Å². The molecule has 2 heterocycles. The lowest BCUT2D eigenvalue weighted by molar-refractivity contribution is -0.130. The van der Waals surface area contributed by atoms with Gasteiger partial charge in [0.05, 0.1) is 36.8 Å². The Kier molecular flexibility index (Phi) is 4.34. The monoisotopic (exact) mass is 315 g/mol. The third-order valence-corrected chi connectivity index (χ3v) is 4.24. The van der Waals surface area contributed by atoms with Crippen LogP contribution in [0.25, 0.3) is 5.69 Å². The number of nitrogens with zero attached hydrogens (tertiary/aromatic N) is 2. The molecule has 2 atom stereocenters. The molecule has 0 spiro atoms. The molecule has 0 bridgehead atoms. The highest BCUT2D eigenvalue weighted by atomic mass is 16.5. The average Bonchev–Trinajstić information content (AvgIpc) is 3.00. The smallest absolute Gasteiger partial charge is 0.226 e. The number of methoxy groups -OCH3 is 1. The summed E-state index contributed by atoms with van der Waals surface area (Å²) < 4.78 is 7.33. The summed E-state index contributed by atoms with van der Waals surface area (Å²) in [6.07, 6.45) is 4.37. The van der Waals surface area contributed by atoms with Gasteiger partial charge in [-0.3, -0.25) is 4.79 Å². The summed E-state index contributed by atoms with van der Waals surface area (Å²) in [4.78, 5) is 16.2. The van der Waals surface area contributed by atoms with Crippen molar-refractivity contribution in [2.24, 2.45) is 5.92 Å². The van der Waals surface area contributed by atoms with Crippen LogP contribution in [0.1, 0.15) is 30.2 Å². The first-order valence-electron chi connectivity index (χ1n) is 7.75. The molecule has 6 nitrogen and oxygen atoms in total. The zero-order chi connectivity index (χ0) is 16.4. The molecule has 1 fully saturated rings. The minimum atomic E-state index is -0.831. The van der Waals surface area contributed by atoms with Gasteiger partial charge in [-0.1, -0.05) is 6.07 Å². The lowest BCUT2D eigenvalue weighted by atomic mass is 9.88. The Hall–Kier alpha value is -2.34. The maximum Gasteiger partial charge on any atom is 0.226 e. The summed E-state index contributed by atoms with van der Waals surface area (Å²) in [6.45, 7) is 2.60. The number of hydrogen-bond donors (Lipinski definition) is 2. The second-order valence-electron chi connectivity index (χ2n) is 5.84. The molecule has 6 heteroatoms. The molecule has 23 heavy (non-hydrogen) atoms. The van der Waals surface area contributed by atoms with E-state index in [1.807, 2.05) is 29.8 Å². The molecule has 0 aliphatic carbocycles. The Morgan fingerprint density at radius 1 is 1.48 bits per heavy atom. The number of carbonyl (C=O) groups excluding carboxylic acids is 1. The first kappa shape index (κ1) is 15.6. The van der Waals surface area contributed by atoms with Crippen LogP contribution >= 0.6 is 0 Å². The summed E-state index contributed by atoms with van der Waals surface area (Å²) in [7, 11) is 1.59. The van der Waals surface area contributed by atoms with Crippen LogP contribution in [-0.4, -0.2) is 34.2 Å². The van der Waals surface area contributed by atoms with Crippen LogP contribution in [0.15, 0.2) is 30.7 Å². The van der Waals surface area contributed by atoms with Crippen LogP contribution in [0, 0.1) is 12.8 Å². The largest absolute Gasteiger partial charge is 0.495 e. The molecule has 2 N–H and O–H groups in total. The molecule has 1 aromatic heterocycles. The topological polar surface area (TPSA) is 76.4 Å². The lowest BCUT2D eigenvalue weighted by Gasteiger charge is -2.26. The van der Waals surface area contributed by atoms with Crippen LogP contribution in [0.5, 0.6) is 5.75 Å². The number of hydrogen-bond acceptors (Lipinski definition) is 4. The molecule has 1 aliphatic heterocycles. The zero-order valence-electron chi connectivity index (χ0n) is 13.3. The summed E-state index contributed by atoms with van der Waals surface area (Å²) >= 11 is 0. The Bertz CT molecular complexity index is 711. The van der Waals surface area contributed by atoms with Gasteiger partial charge in [-0.15, -0.1) is 0 Å². The van der Waals surface area contributed by atoms with E-state index in [4.69, 9.17) is 4.74 Å². The molecule has 1 amide bonds. The average molecular weight is 315 g/mol. The van der Waals surface area contributed by atoms with Crippen LogP contribution in [0.4, 0.5) is 0 Å². The highest BCUT2D eigenvalue weighted by Gasteiger charge is 2.30. The van der Waals surface area contributed by atoms with Gasteiger partial charge in [0, 0.05) is 12.7 Å². The number of aliphatic hydroxyl groups is 1. The van der Waals surface area contributed by atoms with Crippen LogP contribution < -0.4 is 10.1 Å². The number of aromatic nitrogens is 2. The van der Waals surface area contributed by atoms with E-state index in [2.05, 4.69) is 10.3 Å². The zero-order valence-corrected chi connectivity index (χ0v) is 13.3. The molecule has 0 radical (unpaired) electrons. The summed E-state index contributed by atoms with van der Waals surface area (Å²) in [6, 6.07) is 5.50. The van der Waals surface area contributed by atoms with E-state index in [0.29, 0.717) is 24.3 Å². The molecule has 2 aromatic rings. The number of ether oxygens (including phenoxy) is 1. The van der Waals surface area contributed by atoms with Crippen molar-refractivity contribution in [2.45, 2.75) is 25.9 Å². The minimum absolute atomic E-state index is 0.0861. The van der Waals surface area contributed by atoms with E-state index < -0.39 is 12.0 Å². The van der Waals surface area contributed by atoms with Gasteiger partial charge in [0.2, 0.25) is 5.91 Å².